The van der Waals surface area contributed by atoms with Crippen LogP contribution < -0.4 is 10.7 Å². The predicted octanol–water partition coefficient (Wildman–Crippen LogP) is 3.96. The van der Waals surface area contributed by atoms with Crippen LogP contribution in [0.5, 0.6) is 0 Å². The molecule has 0 bridgehead atoms. The van der Waals surface area contributed by atoms with Crippen molar-refractivity contribution in [1.82, 2.24) is 10.7 Å². The molecule has 1 atom stereocenters. The first-order valence-electron chi connectivity index (χ1n) is 10.5. The van der Waals surface area contributed by atoms with E-state index in [0.29, 0.717) is 23.8 Å². The molecule has 2 aromatic rings. The third-order valence-electron chi connectivity index (χ3n) is 4.86. The Morgan fingerprint density at radius 3 is 2.53 bits per heavy atom. The van der Waals surface area contributed by atoms with Crippen LogP contribution in [-0.2, 0) is 16.0 Å². The summed E-state index contributed by atoms with van der Waals surface area (Å²) in [4.78, 5) is 11.0. The van der Waals surface area contributed by atoms with E-state index in [4.69, 9.17) is 14.3 Å². The van der Waals surface area contributed by atoms with Gasteiger partial charge in [0.05, 0.1) is 25.8 Å². The first kappa shape index (κ1) is 26.9. The van der Waals surface area contributed by atoms with Gasteiger partial charge in [0.25, 0.3) is 0 Å². The number of carbonyl (C=O) groups is 1. The predicted molar refractivity (Wildman–Crippen MR) is 130 cm³/mol. The number of methoxy groups -OCH3 is 1. The maximum absolute atomic E-state index is 11.0. The van der Waals surface area contributed by atoms with Crippen LogP contribution in [0, 0.1) is 5.92 Å². The molecule has 0 amide bonds. The molecule has 0 saturated heterocycles. The number of benzene rings is 1. The van der Waals surface area contributed by atoms with Gasteiger partial charge in [-0.05, 0) is 31.2 Å². The molecule has 0 aliphatic carbocycles. The molecule has 1 heterocycles. The summed E-state index contributed by atoms with van der Waals surface area (Å²) < 4.78 is 11.3. The zero-order valence-corrected chi connectivity index (χ0v) is 19.4. The topological polar surface area (TPSA) is 96.1 Å². The van der Waals surface area contributed by atoms with E-state index in [1.54, 1.807) is 12.2 Å². The zero-order valence-electron chi connectivity index (χ0n) is 19.4. The quantitative estimate of drug-likeness (QED) is 0.152. The number of carbonyl (C=O) groups excluding carboxylic acids is 1. The Bertz CT molecular complexity index is 891. The van der Waals surface area contributed by atoms with Crippen LogP contribution in [0.15, 0.2) is 75.6 Å². The SMILES string of the molecule is C=C/C=C(NN=C)\C(Cc1cc2ccccc2o1)=C(/CC=O)OC.CNC(CO)C(C)C. The standard InChI is InChI=1S/C19H20N2O3.C6H15NO/c1-4-7-17(21-20-2)16(19(23-3)10-11-22)13-15-12-14-8-5-6-9-18(14)24-15;1-5(2)6(4-8)7-3/h4-9,11-12,21H,1-2,10,13H2,3H3;5-8H,4H2,1-3H3/b17-7+,19-16+;. The van der Waals surface area contributed by atoms with Crippen molar-refractivity contribution < 1.29 is 19.1 Å². The van der Waals surface area contributed by atoms with Crippen molar-refractivity contribution in [1.29, 1.82) is 0 Å². The minimum atomic E-state index is 0.152. The lowest BCUT2D eigenvalue weighted by Gasteiger charge is -2.15. The normalized spacial score (nSPS) is 13.0. The third kappa shape index (κ3) is 8.17. The fourth-order valence-electron chi connectivity index (χ4n) is 3.09. The summed E-state index contributed by atoms with van der Waals surface area (Å²) in [6, 6.07) is 10.0. The Balaban J connectivity index is 0.000000547. The number of aldehydes is 1. The van der Waals surface area contributed by atoms with Crippen molar-refractivity contribution in [2.75, 3.05) is 20.8 Å². The van der Waals surface area contributed by atoms with Gasteiger partial charge in [-0.2, -0.15) is 5.10 Å². The minimum Gasteiger partial charge on any atom is -0.500 e. The molecule has 1 unspecified atom stereocenters. The van der Waals surface area contributed by atoms with E-state index in [9.17, 15) is 4.79 Å². The summed E-state index contributed by atoms with van der Waals surface area (Å²) in [5, 5.41) is 16.4. The highest BCUT2D eigenvalue weighted by Gasteiger charge is 2.16. The fraction of sp³-hybridized carbons (Fsp3) is 0.360. The van der Waals surface area contributed by atoms with Gasteiger partial charge in [0.2, 0.25) is 0 Å². The maximum atomic E-state index is 11.0. The second-order valence-electron chi connectivity index (χ2n) is 7.31. The summed E-state index contributed by atoms with van der Waals surface area (Å²) in [5.41, 5.74) is 5.04. The van der Waals surface area contributed by atoms with Crippen molar-refractivity contribution in [2.45, 2.75) is 32.7 Å². The van der Waals surface area contributed by atoms with Gasteiger partial charge in [-0.15, -0.1) is 0 Å². The Labute approximate surface area is 190 Å². The molecular weight excluding hydrogens is 406 g/mol. The molecule has 1 aromatic heterocycles. The highest BCUT2D eigenvalue weighted by atomic mass is 16.5. The van der Waals surface area contributed by atoms with Crippen molar-refractivity contribution in [3.63, 3.8) is 0 Å². The van der Waals surface area contributed by atoms with Crippen molar-refractivity contribution >= 4 is 24.0 Å². The van der Waals surface area contributed by atoms with E-state index in [1.165, 1.54) is 7.11 Å². The summed E-state index contributed by atoms with van der Waals surface area (Å²) in [7, 11) is 3.39. The van der Waals surface area contributed by atoms with Gasteiger partial charge in [-0.25, -0.2) is 0 Å². The number of aliphatic hydroxyl groups excluding tert-OH is 1. The number of para-hydroxylation sites is 1. The molecular formula is C25H35N3O4. The number of furan rings is 1. The Morgan fingerprint density at radius 2 is 2.06 bits per heavy atom. The smallest absolute Gasteiger partial charge is 0.134 e. The first-order chi connectivity index (χ1) is 15.4. The van der Waals surface area contributed by atoms with Crippen LogP contribution in [0.25, 0.3) is 11.0 Å². The molecule has 0 aliphatic heterocycles. The monoisotopic (exact) mass is 441 g/mol. The van der Waals surface area contributed by atoms with Crippen molar-refractivity contribution in [2.24, 2.45) is 11.0 Å². The van der Waals surface area contributed by atoms with Gasteiger partial charge in [0.15, 0.2) is 0 Å². The second kappa shape index (κ2) is 14.8. The number of nitrogens with one attached hydrogen (secondary N) is 2. The number of likely N-dealkylation sites (N-methyl/N-ethyl adjacent to an activating group) is 1. The third-order valence-corrected chi connectivity index (χ3v) is 4.86. The van der Waals surface area contributed by atoms with Gasteiger partial charge in [0, 0.05) is 30.1 Å². The molecule has 174 valence electrons. The number of fused-ring (bicyclic) bond motifs is 1. The van der Waals surface area contributed by atoms with Gasteiger partial charge in [0.1, 0.15) is 23.4 Å². The van der Waals surface area contributed by atoms with E-state index >= 15 is 0 Å². The van der Waals surface area contributed by atoms with E-state index in [2.05, 4.69) is 43.0 Å². The minimum absolute atomic E-state index is 0.152. The fourth-order valence-corrected chi connectivity index (χ4v) is 3.09. The van der Waals surface area contributed by atoms with E-state index in [-0.39, 0.29) is 19.1 Å². The number of hydrazone groups is 1. The van der Waals surface area contributed by atoms with Gasteiger partial charge in [-0.3, -0.25) is 5.43 Å². The molecule has 0 radical (unpaired) electrons. The molecule has 7 heteroatoms. The van der Waals surface area contributed by atoms with E-state index < -0.39 is 0 Å². The average Bonchev–Trinajstić information content (AvgIpc) is 3.20. The second-order valence-corrected chi connectivity index (χ2v) is 7.31. The molecule has 2 rings (SSSR count). The van der Waals surface area contributed by atoms with Crippen LogP contribution in [0.2, 0.25) is 0 Å². The maximum Gasteiger partial charge on any atom is 0.134 e. The molecule has 32 heavy (non-hydrogen) atoms. The molecule has 0 aliphatic rings. The van der Waals surface area contributed by atoms with Gasteiger partial charge < -0.3 is 24.4 Å². The first-order valence-corrected chi connectivity index (χ1v) is 10.5. The molecule has 0 fully saturated rings. The van der Waals surface area contributed by atoms with Crippen LogP contribution in [-0.4, -0.2) is 44.9 Å². The Morgan fingerprint density at radius 1 is 1.34 bits per heavy atom. The number of ether oxygens (including phenoxy) is 1. The van der Waals surface area contributed by atoms with E-state index in [1.807, 2.05) is 37.4 Å². The highest BCUT2D eigenvalue weighted by molar-refractivity contribution is 5.77. The molecule has 7 nitrogen and oxygen atoms in total. The summed E-state index contributed by atoms with van der Waals surface area (Å²) in [6.07, 6.45) is 4.76. The molecule has 0 saturated carbocycles. The lowest BCUT2D eigenvalue weighted by Crippen LogP contribution is -2.33. The summed E-state index contributed by atoms with van der Waals surface area (Å²) >= 11 is 0. The van der Waals surface area contributed by atoms with Gasteiger partial charge in [-0.1, -0.05) is 44.7 Å². The highest BCUT2D eigenvalue weighted by Crippen LogP contribution is 2.26. The number of nitrogens with zero attached hydrogens (tertiary/aromatic N) is 1. The number of aliphatic hydroxyl groups is 1. The summed E-state index contributed by atoms with van der Waals surface area (Å²) in [5.74, 6) is 1.81. The zero-order chi connectivity index (χ0) is 23.9. The molecule has 3 N–H and O–H groups in total. The van der Waals surface area contributed by atoms with E-state index in [0.717, 1.165) is 28.6 Å². The number of hydrogen-bond donors (Lipinski definition) is 3. The van der Waals surface area contributed by atoms with Crippen molar-refractivity contribution in [3.05, 3.63) is 71.9 Å². The lowest BCUT2D eigenvalue weighted by atomic mass is 10.0. The van der Waals surface area contributed by atoms with Crippen LogP contribution in [0.1, 0.15) is 26.0 Å². The molecule has 0 spiro atoms. The molecule has 1 aromatic carbocycles. The van der Waals surface area contributed by atoms with Crippen LogP contribution in [0.3, 0.4) is 0 Å². The van der Waals surface area contributed by atoms with Gasteiger partial charge >= 0.3 is 0 Å². The summed E-state index contributed by atoms with van der Waals surface area (Å²) in [6.45, 7) is 11.5. The number of allylic oxidation sites excluding steroid dienone is 4. The average molecular weight is 442 g/mol. The van der Waals surface area contributed by atoms with Crippen LogP contribution in [0.4, 0.5) is 0 Å². The number of hydrogen-bond acceptors (Lipinski definition) is 7. The Kier molecular flexibility index (Phi) is 12.4. The largest absolute Gasteiger partial charge is 0.500 e. The van der Waals surface area contributed by atoms with Crippen molar-refractivity contribution in [3.8, 4) is 0 Å². The van der Waals surface area contributed by atoms with Crippen LogP contribution >= 0.6 is 0 Å². The Hall–Kier alpha value is -3.16. The lowest BCUT2D eigenvalue weighted by molar-refractivity contribution is -0.107. The number of rotatable bonds is 12.